The molecule has 0 radical (unpaired) electrons. The molecular formula is C36H58N4P2+2. The summed E-state index contributed by atoms with van der Waals surface area (Å²) < 4.78 is 0. The van der Waals surface area contributed by atoms with Gasteiger partial charge in [-0.05, 0) is 118 Å². The van der Waals surface area contributed by atoms with Crippen molar-refractivity contribution in [3.63, 3.8) is 0 Å². The van der Waals surface area contributed by atoms with Crippen molar-refractivity contribution in [3.05, 3.63) is 96.1 Å². The molecular weight excluding hydrogens is 550 g/mol. The van der Waals surface area contributed by atoms with E-state index < -0.39 is 15.1 Å². The number of benzene rings is 3. The normalized spacial score (nSPS) is 13.8. The maximum absolute atomic E-state index is 4.10. The number of nitrogens with one attached hydrogen (secondary N) is 4. The van der Waals surface area contributed by atoms with Gasteiger partial charge in [-0.1, -0.05) is 60.7 Å². The average molecular weight is 609 g/mol. The maximum atomic E-state index is 4.10. The lowest BCUT2D eigenvalue weighted by atomic mass is 10.1. The van der Waals surface area contributed by atoms with E-state index in [0.29, 0.717) is 0 Å². The highest BCUT2D eigenvalue weighted by Crippen LogP contribution is 2.57. The van der Waals surface area contributed by atoms with Gasteiger partial charge in [0.2, 0.25) is 0 Å². The van der Waals surface area contributed by atoms with Crippen molar-refractivity contribution in [1.82, 2.24) is 20.3 Å². The zero-order valence-electron chi connectivity index (χ0n) is 28.4. The molecule has 3 aromatic carbocycles. The molecule has 0 amide bonds. The Morgan fingerprint density at radius 1 is 0.381 bits per heavy atom. The summed E-state index contributed by atoms with van der Waals surface area (Å²) in [6, 6.07) is 31.5. The van der Waals surface area contributed by atoms with Crippen molar-refractivity contribution in [1.29, 1.82) is 0 Å². The molecule has 4 N–H and O–H groups in total. The van der Waals surface area contributed by atoms with Crippen LogP contribution >= 0.6 is 15.1 Å². The molecule has 230 valence electrons. The third kappa shape index (κ3) is 10.8. The highest BCUT2D eigenvalue weighted by atomic mass is 31.2. The number of hydrogen-bond donors (Lipinski definition) is 4. The second-order valence-corrected chi connectivity index (χ2v) is 21.7. The van der Waals surface area contributed by atoms with Gasteiger partial charge >= 0.3 is 0 Å². The fourth-order valence-electron chi connectivity index (χ4n) is 5.61. The SMILES string of the molecule is CC(C)(C)N[P+](Cc1ccc(C[P+](NC(C)(C)C)(NC(C)(C)C)c2ccccc2)cc1)(NC(C)(C)C)c1ccccc1. The molecule has 0 aliphatic heterocycles. The molecule has 0 saturated heterocycles. The van der Waals surface area contributed by atoms with E-state index in [9.17, 15) is 0 Å². The third-order valence-electron chi connectivity index (χ3n) is 6.36. The number of hydrogen-bond acceptors (Lipinski definition) is 4. The molecule has 3 aromatic rings. The van der Waals surface area contributed by atoms with Gasteiger partial charge in [-0.2, -0.15) is 20.3 Å². The van der Waals surface area contributed by atoms with Gasteiger partial charge in [0.1, 0.15) is 22.9 Å². The lowest BCUT2D eigenvalue weighted by molar-refractivity contribution is 0.488. The number of rotatable bonds is 10. The van der Waals surface area contributed by atoms with Gasteiger partial charge in [-0.15, -0.1) is 0 Å². The Hall–Kier alpha value is -1.64. The Kier molecular flexibility index (Phi) is 10.9. The minimum Gasteiger partial charge on any atom is -0.166 e. The first-order valence-corrected chi connectivity index (χ1v) is 19.3. The van der Waals surface area contributed by atoms with Crippen LogP contribution in [0.4, 0.5) is 0 Å². The zero-order chi connectivity index (χ0) is 31.5. The van der Waals surface area contributed by atoms with E-state index in [1.165, 1.54) is 21.7 Å². The lowest BCUT2D eigenvalue weighted by Crippen LogP contribution is -2.50. The molecule has 0 saturated carbocycles. The van der Waals surface area contributed by atoms with E-state index in [1.807, 2.05) is 0 Å². The van der Waals surface area contributed by atoms with Gasteiger partial charge in [0.15, 0.2) is 15.1 Å². The Bertz CT molecular complexity index is 1110. The first-order chi connectivity index (χ1) is 19.2. The highest BCUT2D eigenvalue weighted by Gasteiger charge is 2.48. The Balaban J connectivity index is 2.05. The van der Waals surface area contributed by atoms with Crippen LogP contribution in [0.25, 0.3) is 0 Å². The van der Waals surface area contributed by atoms with Crippen molar-refractivity contribution in [2.24, 2.45) is 0 Å². The van der Waals surface area contributed by atoms with Gasteiger partial charge < -0.3 is 0 Å². The first-order valence-electron chi connectivity index (χ1n) is 15.3. The topological polar surface area (TPSA) is 48.1 Å². The van der Waals surface area contributed by atoms with E-state index in [2.05, 4.69) is 188 Å². The van der Waals surface area contributed by atoms with E-state index >= 15 is 0 Å². The maximum Gasteiger partial charge on any atom is 0.185 e. The van der Waals surface area contributed by atoms with Gasteiger partial charge in [0, 0.05) is 22.2 Å². The average Bonchev–Trinajstić information content (AvgIpc) is 2.82. The van der Waals surface area contributed by atoms with Crippen molar-refractivity contribution in [2.45, 2.75) is 118 Å². The molecule has 0 spiro atoms. The molecule has 0 bridgehead atoms. The predicted octanol–water partition coefficient (Wildman–Crippen LogP) is 8.59. The van der Waals surface area contributed by atoms with E-state index in [4.69, 9.17) is 0 Å². The summed E-state index contributed by atoms with van der Waals surface area (Å²) in [7, 11) is -3.98. The summed E-state index contributed by atoms with van der Waals surface area (Å²) in [5.41, 5.74) is 2.52. The predicted molar refractivity (Wildman–Crippen MR) is 191 cm³/mol. The summed E-state index contributed by atoms with van der Waals surface area (Å²) in [5.74, 6) is 0. The minimum absolute atomic E-state index is 0.0428. The van der Waals surface area contributed by atoms with E-state index in [1.54, 1.807) is 0 Å². The second kappa shape index (κ2) is 13.2. The fourth-order valence-corrected chi connectivity index (χ4v) is 14.4. The molecule has 4 nitrogen and oxygen atoms in total. The van der Waals surface area contributed by atoms with Crippen LogP contribution in [0, 0.1) is 0 Å². The smallest absolute Gasteiger partial charge is 0.166 e. The summed E-state index contributed by atoms with van der Waals surface area (Å²) >= 11 is 0. The Labute approximate surface area is 259 Å². The summed E-state index contributed by atoms with van der Waals surface area (Å²) in [5, 5.41) is 19.1. The summed E-state index contributed by atoms with van der Waals surface area (Å²) in [4.78, 5) is 0. The quantitative estimate of drug-likeness (QED) is 0.174. The van der Waals surface area contributed by atoms with Crippen LogP contribution in [0.3, 0.4) is 0 Å². The molecule has 0 fully saturated rings. The molecule has 0 aliphatic carbocycles. The summed E-state index contributed by atoms with van der Waals surface area (Å²) in [6.45, 7) is 27.3. The zero-order valence-corrected chi connectivity index (χ0v) is 30.2. The monoisotopic (exact) mass is 608 g/mol. The van der Waals surface area contributed by atoms with Crippen LogP contribution in [0.1, 0.15) is 94.2 Å². The molecule has 0 unspecified atom stereocenters. The van der Waals surface area contributed by atoms with Crippen molar-refractivity contribution < 1.29 is 0 Å². The molecule has 6 heteroatoms. The standard InChI is InChI=1S/C36H58N4P2/c1-33(2,3)37-41(38-34(4,5)6,31-19-15-13-16-20-31)27-29-23-25-30(26-24-29)28-42(39-35(7,8)9,40-36(10,11)12)32-21-17-14-18-22-32/h13-26,37-40H,27-28H2,1-12H3/q+2. The molecule has 0 aromatic heterocycles. The van der Waals surface area contributed by atoms with Crippen molar-refractivity contribution in [2.75, 3.05) is 0 Å². The lowest BCUT2D eigenvalue weighted by Gasteiger charge is -2.38. The van der Waals surface area contributed by atoms with Gasteiger partial charge in [0.25, 0.3) is 0 Å². The van der Waals surface area contributed by atoms with Crippen molar-refractivity contribution in [3.8, 4) is 0 Å². The van der Waals surface area contributed by atoms with E-state index in [0.717, 1.165) is 12.3 Å². The Morgan fingerprint density at radius 2 is 0.619 bits per heavy atom. The van der Waals surface area contributed by atoms with E-state index in [-0.39, 0.29) is 22.2 Å². The Morgan fingerprint density at radius 3 is 0.833 bits per heavy atom. The van der Waals surface area contributed by atoms with Gasteiger partial charge in [-0.3, -0.25) is 0 Å². The van der Waals surface area contributed by atoms with Crippen LogP contribution in [0.2, 0.25) is 0 Å². The summed E-state index contributed by atoms with van der Waals surface area (Å²) in [6.07, 6.45) is 1.87. The molecule has 42 heavy (non-hydrogen) atoms. The largest absolute Gasteiger partial charge is 0.185 e. The van der Waals surface area contributed by atoms with Crippen LogP contribution in [0.5, 0.6) is 0 Å². The van der Waals surface area contributed by atoms with Crippen molar-refractivity contribution >= 4 is 25.7 Å². The molecule has 3 rings (SSSR count). The first kappa shape index (κ1) is 34.8. The minimum atomic E-state index is -1.99. The van der Waals surface area contributed by atoms with Crippen LogP contribution in [-0.2, 0) is 12.3 Å². The molecule has 0 aliphatic rings. The molecule has 0 heterocycles. The van der Waals surface area contributed by atoms with Gasteiger partial charge in [0.05, 0.1) is 0 Å². The fraction of sp³-hybridized carbons (Fsp3) is 0.500. The van der Waals surface area contributed by atoms with Crippen LogP contribution < -0.4 is 31.0 Å². The highest BCUT2D eigenvalue weighted by molar-refractivity contribution is 7.79. The van der Waals surface area contributed by atoms with Crippen LogP contribution in [0.15, 0.2) is 84.9 Å². The van der Waals surface area contributed by atoms with Gasteiger partial charge in [-0.25, -0.2) is 0 Å². The molecule has 0 atom stereocenters. The second-order valence-electron chi connectivity index (χ2n) is 15.9. The van der Waals surface area contributed by atoms with Crippen LogP contribution in [-0.4, -0.2) is 22.2 Å². The third-order valence-corrected chi connectivity index (χ3v) is 14.6.